The van der Waals surface area contributed by atoms with Crippen molar-refractivity contribution in [2.45, 2.75) is 19.8 Å². The van der Waals surface area contributed by atoms with Gasteiger partial charge in [-0.2, -0.15) is 0 Å². The first-order valence-electron chi connectivity index (χ1n) is 6.01. The Morgan fingerprint density at radius 1 is 1.40 bits per heavy atom. The van der Waals surface area contributed by atoms with Crippen molar-refractivity contribution in [3.63, 3.8) is 0 Å². The molecule has 0 bridgehead atoms. The van der Waals surface area contributed by atoms with E-state index in [1.54, 1.807) is 25.1 Å². The number of halogens is 1. The second-order valence-electron chi connectivity index (χ2n) is 4.42. The van der Waals surface area contributed by atoms with E-state index >= 15 is 0 Å². The molecule has 2 rings (SSSR count). The highest BCUT2D eigenvalue weighted by Crippen LogP contribution is 2.10. The Morgan fingerprint density at radius 3 is 2.70 bits per heavy atom. The lowest BCUT2D eigenvalue weighted by molar-refractivity contribution is -0.136. The Kier molecular flexibility index (Phi) is 3.93. The van der Waals surface area contributed by atoms with Crippen LogP contribution in [0, 0.1) is 12.7 Å². The zero-order valence-electron chi connectivity index (χ0n) is 10.8. The number of hydrogen-bond acceptors (Lipinski definition) is 3. The van der Waals surface area contributed by atoms with Crippen molar-refractivity contribution in [2.75, 3.05) is 0 Å². The van der Waals surface area contributed by atoms with Crippen LogP contribution < -0.4 is 5.56 Å². The third kappa shape index (κ3) is 3.09. The molecule has 0 radical (unpaired) electrons. The molecule has 0 aliphatic heterocycles. The van der Waals surface area contributed by atoms with Crippen molar-refractivity contribution in [3.05, 3.63) is 63.1 Å². The lowest BCUT2D eigenvalue weighted by atomic mass is 10.1. The van der Waals surface area contributed by atoms with Crippen LogP contribution in [0.15, 0.2) is 29.1 Å². The van der Waals surface area contributed by atoms with Crippen LogP contribution in [0.2, 0.25) is 0 Å². The largest absolute Gasteiger partial charge is 0.481 e. The minimum Gasteiger partial charge on any atom is -0.481 e. The number of benzene rings is 1. The third-order valence-electron chi connectivity index (χ3n) is 2.92. The van der Waals surface area contributed by atoms with Crippen molar-refractivity contribution in [1.82, 2.24) is 9.97 Å². The van der Waals surface area contributed by atoms with Gasteiger partial charge >= 0.3 is 5.97 Å². The predicted octanol–water partition coefficient (Wildman–Crippen LogP) is 1.44. The average Bonchev–Trinajstić information content (AvgIpc) is 2.36. The highest BCUT2D eigenvalue weighted by atomic mass is 19.1. The second kappa shape index (κ2) is 5.64. The van der Waals surface area contributed by atoms with Crippen LogP contribution in [0.25, 0.3) is 0 Å². The van der Waals surface area contributed by atoms with E-state index in [1.807, 2.05) is 0 Å². The smallest absolute Gasteiger partial charge is 0.308 e. The standard InChI is InChI=1S/C14H13FN2O3/c1-8-10(7-13(18)19)14(20)17-12(16-8)6-9-4-2-3-5-11(9)15/h2-5H,6-7H2,1H3,(H,18,19)(H,16,17,20). The van der Waals surface area contributed by atoms with Crippen LogP contribution in [-0.4, -0.2) is 21.0 Å². The van der Waals surface area contributed by atoms with Crippen LogP contribution >= 0.6 is 0 Å². The number of nitrogens with one attached hydrogen (secondary N) is 1. The predicted molar refractivity (Wildman–Crippen MR) is 70.1 cm³/mol. The van der Waals surface area contributed by atoms with Crippen molar-refractivity contribution < 1.29 is 14.3 Å². The molecule has 1 heterocycles. The van der Waals surface area contributed by atoms with Gasteiger partial charge in [-0.1, -0.05) is 18.2 Å². The molecule has 0 atom stereocenters. The van der Waals surface area contributed by atoms with Gasteiger partial charge in [0.1, 0.15) is 11.6 Å². The minimum atomic E-state index is -1.10. The molecular weight excluding hydrogens is 263 g/mol. The summed E-state index contributed by atoms with van der Waals surface area (Å²) >= 11 is 0. The molecule has 2 aromatic rings. The van der Waals surface area contributed by atoms with E-state index in [4.69, 9.17) is 5.11 Å². The first kappa shape index (κ1) is 13.9. The van der Waals surface area contributed by atoms with E-state index in [2.05, 4.69) is 9.97 Å². The number of hydrogen-bond donors (Lipinski definition) is 2. The Balaban J connectivity index is 2.34. The third-order valence-corrected chi connectivity index (χ3v) is 2.92. The summed E-state index contributed by atoms with van der Waals surface area (Å²) in [5.41, 5.74) is 0.393. The number of carboxylic acids is 1. The molecule has 0 aliphatic rings. The average molecular weight is 276 g/mol. The molecule has 20 heavy (non-hydrogen) atoms. The Bertz CT molecular complexity index is 710. The van der Waals surface area contributed by atoms with E-state index in [-0.39, 0.29) is 24.2 Å². The monoisotopic (exact) mass is 276 g/mol. The molecule has 0 saturated heterocycles. The maximum absolute atomic E-state index is 13.5. The van der Waals surface area contributed by atoms with Crippen LogP contribution in [0.1, 0.15) is 22.6 Å². The molecule has 0 amide bonds. The number of carboxylic acid groups (broad SMARTS) is 1. The molecule has 6 heteroatoms. The molecule has 0 fully saturated rings. The fourth-order valence-corrected chi connectivity index (χ4v) is 1.93. The molecule has 1 aromatic carbocycles. The molecule has 104 valence electrons. The first-order chi connectivity index (χ1) is 9.47. The van der Waals surface area contributed by atoms with Crippen molar-refractivity contribution in [2.24, 2.45) is 0 Å². The van der Waals surface area contributed by atoms with Crippen LogP contribution in [0.5, 0.6) is 0 Å². The summed E-state index contributed by atoms with van der Waals surface area (Å²) in [6, 6.07) is 6.22. The molecule has 0 saturated carbocycles. The fourth-order valence-electron chi connectivity index (χ4n) is 1.93. The Labute approximate surface area is 114 Å². The zero-order chi connectivity index (χ0) is 14.7. The van der Waals surface area contributed by atoms with Gasteiger partial charge in [-0.05, 0) is 18.6 Å². The van der Waals surface area contributed by atoms with E-state index in [1.165, 1.54) is 6.07 Å². The maximum atomic E-state index is 13.5. The number of aromatic amines is 1. The summed E-state index contributed by atoms with van der Waals surface area (Å²) in [7, 11) is 0. The minimum absolute atomic E-state index is 0.120. The summed E-state index contributed by atoms with van der Waals surface area (Å²) < 4.78 is 13.5. The number of nitrogens with zero attached hydrogens (tertiary/aromatic N) is 1. The summed E-state index contributed by atoms with van der Waals surface area (Å²) in [5.74, 6) is -1.16. The highest BCUT2D eigenvalue weighted by Gasteiger charge is 2.12. The van der Waals surface area contributed by atoms with E-state index in [0.717, 1.165) is 0 Å². The van der Waals surface area contributed by atoms with Crippen molar-refractivity contribution in [1.29, 1.82) is 0 Å². The van der Waals surface area contributed by atoms with Gasteiger partial charge in [0.25, 0.3) is 5.56 Å². The SMILES string of the molecule is Cc1nc(Cc2ccccc2F)[nH]c(=O)c1CC(=O)O. The van der Waals surface area contributed by atoms with Crippen LogP contribution in [0.4, 0.5) is 4.39 Å². The maximum Gasteiger partial charge on any atom is 0.308 e. The van der Waals surface area contributed by atoms with Gasteiger partial charge in [0.15, 0.2) is 0 Å². The van der Waals surface area contributed by atoms with E-state index in [9.17, 15) is 14.0 Å². The first-order valence-corrected chi connectivity index (χ1v) is 6.01. The van der Waals surface area contributed by atoms with Gasteiger partial charge in [0.05, 0.1) is 6.42 Å². The molecule has 0 spiro atoms. The number of aromatic nitrogens is 2. The zero-order valence-corrected chi connectivity index (χ0v) is 10.8. The number of rotatable bonds is 4. The molecular formula is C14H13FN2O3. The topological polar surface area (TPSA) is 83.0 Å². The number of aliphatic carboxylic acids is 1. The van der Waals surface area contributed by atoms with Gasteiger partial charge < -0.3 is 10.1 Å². The number of H-pyrrole nitrogens is 1. The fraction of sp³-hybridized carbons (Fsp3) is 0.214. The highest BCUT2D eigenvalue weighted by molar-refractivity contribution is 5.70. The lowest BCUT2D eigenvalue weighted by Gasteiger charge is -2.06. The molecule has 5 nitrogen and oxygen atoms in total. The number of carbonyl (C=O) groups is 1. The van der Waals surface area contributed by atoms with Crippen molar-refractivity contribution in [3.8, 4) is 0 Å². The van der Waals surface area contributed by atoms with E-state index in [0.29, 0.717) is 17.1 Å². The van der Waals surface area contributed by atoms with Crippen LogP contribution in [0.3, 0.4) is 0 Å². The number of aryl methyl sites for hydroxylation is 1. The molecule has 1 aromatic heterocycles. The van der Waals surface area contributed by atoms with Crippen LogP contribution in [-0.2, 0) is 17.6 Å². The Morgan fingerprint density at radius 2 is 2.10 bits per heavy atom. The van der Waals surface area contributed by atoms with Gasteiger partial charge in [-0.15, -0.1) is 0 Å². The quantitative estimate of drug-likeness (QED) is 0.885. The summed E-state index contributed by atoms with van der Waals surface area (Å²) in [4.78, 5) is 29.1. The summed E-state index contributed by atoms with van der Waals surface area (Å²) in [6.07, 6.45) is -0.232. The van der Waals surface area contributed by atoms with Gasteiger partial charge in [-0.25, -0.2) is 9.37 Å². The Hall–Kier alpha value is -2.50. The summed E-state index contributed by atoms with van der Waals surface area (Å²) in [6.45, 7) is 1.57. The molecule has 2 N–H and O–H groups in total. The van der Waals surface area contributed by atoms with Gasteiger partial charge in [0, 0.05) is 17.7 Å². The van der Waals surface area contributed by atoms with Gasteiger partial charge in [0.2, 0.25) is 0 Å². The normalized spacial score (nSPS) is 10.5. The lowest BCUT2D eigenvalue weighted by Crippen LogP contribution is -2.21. The molecule has 0 aliphatic carbocycles. The van der Waals surface area contributed by atoms with E-state index < -0.39 is 11.5 Å². The summed E-state index contributed by atoms with van der Waals surface area (Å²) in [5, 5.41) is 8.73. The van der Waals surface area contributed by atoms with Crippen molar-refractivity contribution >= 4 is 5.97 Å². The molecule has 0 unspecified atom stereocenters. The van der Waals surface area contributed by atoms with Gasteiger partial charge in [-0.3, -0.25) is 9.59 Å². The second-order valence-corrected chi connectivity index (χ2v) is 4.42.